The average molecular weight is 482 g/mol. The first kappa shape index (κ1) is 23.5. The van der Waals surface area contributed by atoms with Crippen LogP contribution >= 0.6 is 11.3 Å². The van der Waals surface area contributed by atoms with Crippen molar-refractivity contribution in [3.05, 3.63) is 58.0 Å². The average Bonchev–Trinajstić information content (AvgIpc) is 3.36. The lowest BCUT2D eigenvalue weighted by Crippen LogP contribution is -2.41. The van der Waals surface area contributed by atoms with Crippen LogP contribution in [0.4, 0.5) is 16.2 Å². The summed E-state index contributed by atoms with van der Waals surface area (Å²) in [6, 6.07) is 12.6. The third-order valence-corrected chi connectivity index (χ3v) is 6.72. The quantitative estimate of drug-likeness (QED) is 0.536. The molecular weight excluding hydrogens is 454 g/mol. The van der Waals surface area contributed by atoms with Crippen molar-refractivity contribution < 1.29 is 19.1 Å². The second kappa shape index (κ2) is 10.5. The smallest absolute Gasteiger partial charge is 0.321 e. The van der Waals surface area contributed by atoms with Gasteiger partial charge in [0.2, 0.25) is 5.01 Å². The molecule has 1 saturated heterocycles. The van der Waals surface area contributed by atoms with E-state index in [1.807, 2.05) is 31.2 Å². The molecule has 4 rings (SSSR count). The van der Waals surface area contributed by atoms with Gasteiger partial charge in [-0.25, -0.2) is 4.79 Å². The molecule has 1 aromatic heterocycles. The fraction of sp³-hybridized carbons (Fsp3) is 0.333. The number of carbonyl (C=O) groups is 2. The molecule has 0 radical (unpaired) electrons. The van der Waals surface area contributed by atoms with Crippen molar-refractivity contribution in [3.8, 4) is 11.5 Å². The lowest BCUT2D eigenvalue weighted by Gasteiger charge is -2.31. The number of urea groups is 1. The van der Waals surface area contributed by atoms with Crippen LogP contribution in [-0.2, 0) is 0 Å². The summed E-state index contributed by atoms with van der Waals surface area (Å²) in [6.07, 6.45) is 1.73. The van der Waals surface area contributed by atoms with Gasteiger partial charge in [-0.05, 0) is 44.0 Å². The molecule has 1 fully saturated rings. The van der Waals surface area contributed by atoms with Crippen LogP contribution in [0, 0.1) is 6.92 Å². The lowest BCUT2D eigenvalue weighted by atomic mass is 9.99. The molecule has 0 saturated carbocycles. The largest absolute Gasteiger partial charge is 0.493 e. The first-order chi connectivity index (χ1) is 16.5. The molecule has 178 valence electrons. The van der Waals surface area contributed by atoms with Gasteiger partial charge in [-0.3, -0.25) is 4.79 Å². The third-order valence-electron chi connectivity index (χ3n) is 5.64. The molecule has 2 heterocycles. The predicted molar refractivity (Wildman–Crippen MR) is 131 cm³/mol. The number of ether oxygens (including phenoxy) is 2. The second-order valence-corrected chi connectivity index (χ2v) is 9.06. The van der Waals surface area contributed by atoms with Gasteiger partial charge in [-0.1, -0.05) is 29.0 Å². The van der Waals surface area contributed by atoms with E-state index in [1.54, 1.807) is 37.3 Å². The Kier molecular flexibility index (Phi) is 7.27. The number of carbonyl (C=O) groups excluding carboxylic acids is 2. The molecule has 1 unspecified atom stereocenters. The molecule has 1 aliphatic heterocycles. The number of nitrogens with zero attached hydrogens (tertiary/aromatic N) is 3. The predicted octanol–water partition coefficient (Wildman–Crippen LogP) is 4.53. The van der Waals surface area contributed by atoms with Crippen LogP contribution in [0.15, 0.2) is 42.5 Å². The number of methoxy groups -OCH3 is 2. The Hall–Kier alpha value is -3.66. The van der Waals surface area contributed by atoms with E-state index in [0.29, 0.717) is 41.0 Å². The highest BCUT2D eigenvalue weighted by atomic mass is 32.1. The number of aryl methyl sites for hydroxylation is 1. The van der Waals surface area contributed by atoms with Crippen molar-refractivity contribution in [3.63, 3.8) is 0 Å². The zero-order valence-electron chi connectivity index (χ0n) is 19.3. The first-order valence-electron chi connectivity index (χ1n) is 11.0. The first-order valence-corrected chi connectivity index (χ1v) is 11.8. The van der Waals surface area contributed by atoms with Gasteiger partial charge in [0, 0.05) is 36.4 Å². The summed E-state index contributed by atoms with van der Waals surface area (Å²) in [5.74, 6) is 0.883. The minimum absolute atomic E-state index is 0.0309. The molecule has 1 atom stereocenters. The van der Waals surface area contributed by atoms with Gasteiger partial charge < -0.3 is 25.0 Å². The van der Waals surface area contributed by atoms with Gasteiger partial charge in [0.25, 0.3) is 5.91 Å². The van der Waals surface area contributed by atoms with Crippen LogP contribution in [-0.4, -0.2) is 54.3 Å². The lowest BCUT2D eigenvalue weighted by molar-refractivity contribution is 0.102. The number of piperidine rings is 1. The molecule has 10 heteroatoms. The van der Waals surface area contributed by atoms with Crippen molar-refractivity contribution in [1.29, 1.82) is 0 Å². The van der Waals surface area contributed by atoms with Crippen molar-refractivity contribution in [2.75, 3.05) is 37.9 Å². The molecule has 0 aliphatic carbocycles. The SMILES string of the molecule is COc1ccc(NC(=O)N2CCCC(c3nnc(C(=O)Nc4ccc(C)cc4)s3)C2)cc1OC. The highest BCUT2D eigenvalue weighted by molar-refractivity contribution is 7.13. The van der Waals surface area contributed by atoms with Crippen LogP contribution in [0.3, 0.4) is 0 Å². The highest BCUT2D eigenvalue weighted by Crippen LogP contribution is 2.32. The normalized spacial score (nSPS) is 15.5. The van der Waals surface area contributed by atoms with Gasteiger partial charge in [-0.2, -0.15) is 0 Å². The Morgan fingerprint density at radius 1 is 1.00 bits per heavy atom. The minimum Gasteiger partial charge on any atom is -0.493 e. The monoisotopic (exact) mass is 481 g/mol. The van der Waals surface area contributed by atoms with Crippen LogP contribution in [0.1, 0.15) is 39.1 Å². The molecule has 0 spiro atoms. The number of benzene rings is 2. The van der Waals surface area contributed by atoms with Crippen LogP contribution in [0.2, 0.25) is 0 Å². The van der Waals surface area contributed by atoms with Crippen molar-refractivity contribution >= 4 is 34.6 Å². The Labute approximate surface area is 202 Å². The topological polar surface area (TPSA) is 106 Å². The fourth-order valence-electron chi connectivity index (χ4n) is 3.79. The van der Waals surface area contributed by atoms with E-state index in [0.717, 1.165) is 23.4 Å². The third kappa shape index (κ3) is 5.45. The van der Waals surface area contributed by atoms with Gasteiger partial charge >= 0.3 is 6.03 Å². The van der Waals surface area contributed by atoms with Gasteiger partial charge in [0.05, 0.1) is 14.2 Å². The molecule has 3 amide bonds. The summed E-state index contributed by atoms with van der Waals surface area (Å²) < 4.78 is 10.6. The molecule has 34 heavy (non-hydrogen) atoms. The maximum Gasteiger partial charge on any atom is 0.321 e. The van der Waals surface area contributed by atoms with Crippen molar-refractivity contribution in [2.24, 2.45) is 0 Å². The molecule has 9 nitrogen and oxygen atoms in total. The highest BCUT2D eigenvalue weighted by Gasteiger charge is 2.28. The van der Waals surface area contributed by atoms with E-state index in [-0.39, 0.29) is 17.9 Å². The molecule has 2 N–H and O–H groups in total. The molecule has 2 aromatic carbocycles. The zero-order valence-corrected chi connectivity index (χ0v) is 20.1. The maximum absolute atomic E-state index is 12.9. The van der Waals surface area contributed by atoms with Crippen LogP contribution in [0.25, 0.3) is 0 Å². The number of hydrogen-bond acceptors (Lipinski definition) is 7. The molecular formula is C24H27N5O4S. The zero-order chi connectivity index (χ0) is 24.1. The number of anilines is 2. The maximum atomic E-state index is 12.9. The number of aromatic nitrogens is 2. The minimum atomic E-state index is -0.286. The van der Waals surface area contributed by atoms with E-state index >= 15 is 0 Å². The van der Waals surface area contributed by atoms with Gasteiger partial charge in [0.15, 0.2) is 11.5 Å². The summed E-state index contributed by atoms with van der Waals surface area (Å²) in [5.41, 5.74) is 2.45. The van der Waals surface area contributed by atoms with E-state index < -0.39 is 0 Å². The summed E-state index contributed by atoms with van der Waals surface area (Å²) in [5, 5.41) is 15.2. The van der Waals surface area contributed by atoms with Crippen molar-refractivity contribution in [1.82, 2.24) is 15.1 Å². The summed E-state index contributed by atoms with van der Waals surface area (Å²) in [6.45, 7) is 3.15. The number of amides is 3. The molecule has 0 bridgehead atoms. The van der Waals surface area contributed by atoms with Gasteiger partial charge in [0.1, 0.15) is 5.01 Å². The van der Waals surface area contributed by atoms with Gasteiger partial charge in [-0.15, -0.1) is 10.2 Å². The molecule has 3 aromatic rings. The summed E-state index contributed by atoms with van der Waals surface area (Å²) in [4.78, 5) is 27.2. The number of rotatable bonds is 6. The number of likely N-dealkylation sites (tertiary alicyclic amines) is 1. The van der Waals surface area contributed by atoms with Crippen molar-refractivity contribution in [2.45, 2.75) is 25.7 Å². The standard InChI is InChI=1S/C24H27N5O4S/c1-15-6-8-17(9-7-15)25-21(30)23-28-27-22(34-23)16-5-4-12-29(14-16)24(31)26-18-10-11-19(32-2)20(13-18)33-3/h6-11,13,16H,4-5,12,14H2,1-3H3,(H,25,30)(H,26,31). The Bertz CT molecular complexity index is 1160. The Morgan fingerprint density at radius 2 is 1.74 bits per heavy atom. The van der Waals surface area contributed by atoms with E-state index in [2.05, 4.69) is 20.8 Å². The summed E-state index contributed by atoms with van der Waals surface area (Å²) in [7, 11) is 3.12. The van der Waals surface area contributed by atoms with E-state index in [4.69, 9.17) is 9.47 Å². The van der Waals surface area contributed by atoms with Crippen LogP contribution in [0.5, 0.6) is 11.5 Å². The fourth-order valence-corrected chi connectivity index (χ4v) is 4.66. The Morgan fingerprint density at radius 3 is 2.47 bits per heavy atom. The molecule has 1 aliphatic rings. The number of hydrogen-bond donors (Lipinski definition) is 2. The second-order valence-electron chi connectivity index (χ2n) is 8.05. The van der Waals surface area contributed by atoms with E-state index in [1.165, 1.54) is 11.3 Å². The van der Waals surface area contributed by atoms with E-state index in [9.17, 15) is 9.59 Å². The van der Waals surface area contributed by atoms with Crippen LogP contribution < -0.4 is 20.1 Å². The summed E-state index contributed by atoms with van der Waals surface area (Å²) >= 11 is 1.27. The number of nitrogens with one attached hydrogen (secondary N) is 2. The Balaban J connectivity index is 1.38.